The molecule has 0 radical (unpaired) electrons. The first-order valence-electron chi connectivity index (χ1n) is 10.4. The highest BCUT2D eigenvalue weighted by Crippen LogP contribution is 2.40. The van der Waals surface area contributed by atoms with Crippen LogP contribution in [0.2, 0.25) is 0 Å². The van der Waals surface area contributed by atoms with Gasteiger partial charge in [0, 0.05) is 29.6 Å². The van der Waals surface area contributed by atoms with Crippen LogP contribution in [0, 0.1) is 6.92 Å². The van der Waals surface area contributed by atoms with Gasteiger partial charge in [-0.05, 0) is 32.9 Å². The van der Waals surface area contributed by atoms with Gasteiger partial charge in [0.1, 0.15) is 11.6 Å². The van der Waals surface area contributed by atoms with E-state index in [2.05, 4.69) is 30.9 Å². The maximum absolute atomic E-state index is 12.2. The average Bonchev–Trinajstić information content (AvgIpc) is 2.81. The normalized spacial score (nSPS) is 13.8. The number of rotatable bonds is 7. The molecule has 3 aromatic rings. The van der Waals surface area contributed by atoms with Crippen LogP contribution in [0.3, 0.4) is 0 Å². The summed E-state index contributed by atoms with van der Waals surface area (Å²) in [6, 6.07) is 7.01. The molecule has 3 heterocycles. The summed E-state index contributed by atoms with van der Waals surface area (Å²) in [5, 5.41) is 9.09. The van der Waals surface area contributed by atoms with Crippen LogP contribution >= 0.6 is 0 Å². The zero-order valence-corrected chi connectivity index (χ0v) is 19.8. The Bertz CT molecular complexity index is 1220. The Kier molecular flexibility index (Phi) is 6.01. The van der Waals surface area contributed by atoms with Crippen LogP contribution in [-0.2, 0) is 4.79 Å². The van der Waals surface area contributed by atoms with Gasteiger partial charge in [0.2, 0.25) is 11.7 Å². The molecule has 11 heteroatoms. The van der Waals surface area contributed by atoms with Gasteiger partial charge in [0.25, 0.3) is 5.91 Å². The van der Waals surface area contributed by atoms with Crippen molar-refractivity contribution >= 4 is 35.0 Å². The number of benzene rings is 1. The largest absolute Gasteiger partial charge is 0.493 e. The fourth-order valence-electron chi connectivity index (χ4n) is 3.30. The van der Waals surface area contributed by atoms with Crippen molar-refractivity contribution in [1.29, 1.82) is 0 Å². The van der Waals surface area contributed by atoms with E-state index in [4.69, 9.17) is 18.9 Å². The quantitative estimate of drug-likeness (QED) is 0.473. The minimum Gasteiger partial charge on any atom is -0.493 e. The monoisotopic (exact) mass is 466 g/mol. The van der Waals surface area contributed by atoms with E-state index in [1.807, 2.05) is 6.92 Å². The maximum Gasteiger partial charge on any atom is 0.269 e. The Hall–Kier alpha value is -4.28. The number of anilines is 5. The molecule has 34 heavy (non-hydrogen) atoms. The number of aryl methyl sites for hydroxylation is 1. The zero-order chi connectivity index (χ0) is 24.5. The molecule has 0 saturated heterocycles. The maximum atomic E-state index is 12.2. The summed E-state index contributed by atoms with van der Waals surface area (Å²) in [5.74, 6) is 3.44. The third-order valence-corrected chi connectivity index (χ3v) is 5.14. The van der Waals surface area contributed by atoms with E-state index in [1.54, 1.807) is 65.6 Å². The van der Waals surface area contributed by atoms with Crippen molar-refractivity contribution in [1.82, 2.24) is 15.0 Å². The van der Waals surface area contributed by atoms with Crippen LogP contribution in [0.15, 0.2) is 30.5 Å². The second-order valence-electron chi connectivity index (χ2n) is 8.00. The first-order valence-corrected chi connectivity index (χ1v) is 10.4. The lowest BCUT2D eigenvalue weighted by atomic mass is 10.1. The molecule has 1 amide bonds. The number of hydrogen-bond acceptors (Lipinski definition) is 10. The lowest BCUT2D eigenvalue weighted by Gasteiger charge is -2.30. The molecule has 0 bridgehead atoms. The predicted octanol–water partition coefficient (Wildman–Crippen LogP) is 3.80. The van der Waals surface area contributed by atoms with Gasteiger partial charge in [-0.3, -0.25) is 4.79 Å². The van der Waals surface area contributed by atoms with Gasteiger partial charge < -0.3 is 34.9 Å². The number of methoxy groups -OCH3 is 3. The summed E-state index contributed by atoms with van der Waals surface area (Å²) in [7, 11) is 4.64. The standard InChI is InChI=1S/C23H26N6O5/c1-12-11-24-22(25-13-9-15(31-4)18(33-6)16(10-13)32-5)29-19(12)26-17-8-7-14-20(27-17)28-21(30)23(2,3)34-14/h7-11H,1-6H3,(H3,24,25,26,27,28,29,30). The molecule has 1 aliphatic heterocycles. The van der Waals surface area contributed by atoms with E-state index in [0.717, 1.165) is 5.56 Å². The first kappa shape index (κ1) is 22.9. The summed E-state index contributed by atoms with van der Waals surface area (Å²) in [5.41, 5.74) is 0.496. The SMILES string of the molecule is COc1cc(Nc2ncc(C)c(Nc3ccc4c(n3)NC(=O)C(C)(C)O4)n2)cc(OC)c1OC. The van der Waals surface area contributed by atoms with Crippen LogP contribution in [0.4, 0.5) is 29.1 Å². The first-order chi connectivity index (χ1) is 16.2. The van der Waals surface area contributed by atoms with E-state index in [1.165, 1.54) is 0 Å². The molecule has 1 aromatic carbocycles. The zero-order valence-electron chi connectivity index (χ0n) is 19.8. The highest BCUT2D eigenvalue weighted by atomic mass is 16.5. The Balaban J connectivity index is 1.58. The highest BCUT2D eigenvalue weighted by Gasteiger charge is 2.36. The molecular formula is C23H26N6O5. The summed E-state index contributed by atoms with van der Waals surface area (Å²) in [6.07, 6.45) is 1.68. The second-order valence-corrected chi connectivity index (χ2v) is 8.00. The third-order valence-electron chi connectivity index (χ3n) is 5.14. The summed E-state index contributed by atoms with van der Waals surface area (Å²) < 4.78 is 21.9. The number of hydrogen-bond donors (Lipinski definition) is 3. The average molecular weight is 466 g/mol. The number of nitrogens with zero attached hydrogens (tertiary/aromatic N) is 3. The van der Waals surface area contributed by atoms with E-state index < -0.39 is 5.60 Å². The highest BCUT2D eigenvalue weighted by molar-refractivity contribution is 5.99. The van der Waals surface area contributed by atoms with Crippen molar-refractivity contribution in [3.8, 4) is 23.0 Å². The molecule has 4 rings (SSSR count). The Morgan fingerprint density at radius 3 is 2.35 bits per heavy atom. The number of carbonyl (C=O) groups excluding carboxylic acids is 1. The minimum absolute atomic E-state index is 0.264. The van der Waals surface area contributed by atoms with Gasteiger partial charge in [0.05, 0.1) is 21.3 Å². The Labute approximate surface area is 196 Å². The number of ether oxygens (including phenoxy) is 4. The fraction of sp³-hybridized carbons (Fsp3) is 0.304. The number of pyridine rings is 1. The van der Waals surface area contributed by atoms with E-state index in [-0.39, 0.29) is 5.91 Å². The van der Waals surface area contributed by atoms with Crippen molar-refractivity contribution in [2.75, 3.05) is 37.3 Å². The van der Waals surface area contributed by atoms with Gasteiger partial charge in [-0.25, -0.2) is 9.97 Å². The number of carbonyl (C=O) groups is 1. The number of amides is 1. The second kappa shape index (κ2) is 8.93. The molecule has 11 nitrogen and oxygen atoms in total. The van der Waals surface area contributed by atoms with E-state index >= 15 is 0 Å². The van der Waals surface area contributed by atoms with Gasteiger partial charge >= 0.3 is 0 Å². The summed E-state index contributed by atoms with van der Waals surface area (Å²) >= 11 is 0. The number of fused-ring (bicyclic) bond motifs is 1. The minimum atomic E-state index is -0.958. The molecule has 2 aromatic heterocycles. The van der Waals surface area contributed by atoms with E-state index in [9.17, 15) is 4.79 Å². The van der Waals surface area contributed by atoms with Crippen LogP contribution in [0.5, 0.6) is 23.0 Å². The number of nitrogens with one attached hydrogen (secondary N) is 3. The van der Waals surface area contributed by atoms with E-state index in [0.29, 0.717) is 52.1 Å². The topological polar surface area (TPSA) is 129 Å². The molecule has 0 aliphatic carbocycles. The number of aromatic nitrogens is 3. The molecule has 178 valence electrons. The van der Waals surface area contributed by atoms with Crippen molar-refractivity contribution < 1.29 is 23.7 Å². The third kappa shape index (κ3) is 4.45. The molecule has 0 unspecified atom stereocenters. The fourth-order valence-corrected chi connectivity index (χ4v) is 3.30. The van der Waals surface area contributed by atoms with Gasteiger partial charge in [-0.2, -0.15) is 4.98 Å². The smallest absolute Gasteiger partial charge is 0.269 e. The lowest BCUT2D eigenvalue weighted by Crippen LogP contribution is -2.46. The van der Waals surface area contributed by atoms with Crippen molar-refractivity contribution in [2.24, 2.45) is 0 Å². The molecule has 0 fully saturated rings. The van der Waals surface area contributed by atoms with Crippen molar-refractivity contribution in [3.63, 3.8) is 0 Å². The summed E-state index contributed by atoms with van der Waals surface area (Å²) in [6.45, 7) is 5.27. The molecule has 0 spiro atoms. The van der Waals surface area contributed by atoms with Crippen LogP contribution in [0.25, 0.3) is 0 Å². The van der Waals surface area contributed by atoms with Gasteiger partial charge in [-0.15, -0.1) is 0 Å². The van der Waals surface area contributed by atoms with Crippen LogP contribution in [-0.4, -0.2) is 47.8 Å². The Morgan fingerprint density at radius 2 is 1.71 bits per heavy atom. The molecule has 1 aliphatic rings. The Morgan fingerprint density at radius 1 is 1.00 bits per heavy atom. The molecular weight excluding hydrogens is 440 g/mol. The van der Waals surface area contributed by atoms with Crippen molar-refractivity contribution in [3.05, 3.63) is 36.0 Å². The molecule has 0 saturated carbocycles. The molecule has 3 N–H and O–H groups in total. The lowest BCUT2D eigenvalue weighted by molar-refractivity contribution is -0.129. The summed E-state index contributed by atoms with van der Waals surface area (Å²) in [4.78, 5) is 25.6. The van der Waals surface area contributed by atoms with Gasteiger partial charge in [0.15, 0.2) is 28.7 Å². The van der Waals surface area contributed by atoms with Gasteiger partial charge in [-0.1, -0.05) is 0 Å². The molecule has 0 atom stereocenters. The van der Waals surface area contributed by atoms with Crippen LogP contribution < -0.4 is 34.9 Å². The van der Waals surface area contributed by atoms with Crippen molar-refractivity contribution in [2.45, 2.75) is 26.4 Å². The predicted molar refractivity (Wildman–Crippen MR) is 127 cm³/mol. The van der Waals surface area contributed by atoms with Crippen LogP contribution in [0.1, 0.15) is 19.4 Å².